The maximum atomic E-state index is 12.7. The van der Waals surface area contributed by atoms with E-state index in [1.165, 1.54) is 0 Å². The third kappa shape index (κ3) is 3.12. The van der Waals surface area contributed by atoms with Gasteiger partial charge in [0, 0.05) is 5.56 Å². The average Bonchev–Trinajstić information content (AvgIpc) is 2.50. The number of rotatable bonds is 3. The summed E-state index contributed by atoms with van der Waals surface area (Å²) in [6, 6.07) is 13.9. The lowest BCUT2D eigenvalue weighted by Gasteiger charge is -2.10. The van der Waals surface area contributed by atoms with E-state index in [0.717, 1.165) is 11.8 Å². The summed E-state index contributed by atoms with van der Waals surface area (Å²) in [4.78, 5) is 12.7. The minimum Gasteiger partial charge on any atom is -0.452 e. The van der Waals surface area contributed by atoms with Gasteiger partial charge in [0.25, 0.3) is 0 Å². The molecule has 0 unspecified atom stereocenters. The standard InChI is InChI=1S/C17H14O5S/c1-11-8-9-14-13(10-11)15(18)17(22-23(2,19)20)16(21-14)12-6-4-3-5-7-12/h3-10H,1-2H3. The van der Waals surface area contributed by atoms with Gasteiger partial charge in [-0.05, 0) is 19.1 Å². The van der Waals surface area contributed by atoms with Gasteiger partial charge in [0.2, 0.25) is 11.2 Å². The van der Waals surface area contributed by atoms with Crippen molar-refractivity contribution in [3.8, 4) is 17.1 Å². The summed E-state index contributed by atoms with van der Waals surface area (Å²) < 4.78 is 33.8. The van der Waals surface area contributed by atoms with Gasteiger partial charge in [0.1, 0.15) is 5.58 Å². The van der Waals surface area contributed by atoms with Crippen LogP contribution in [0.3, 0.4) is 0 Å². The molecule has 0 fully saturated rings. The van der Waals surface area contributed by atoms with E-state index < -0.39 is 15.5 Å². The molecule has 2 aromatic carbocycles. The molecule has 6 heteroatoms. The molecule has 3 aromatic rings. The molecule has 0 saturated carbocycles. The Bertz CT molecular complexity index is 1030. The van der Waals surface area contributed by atoms with Crippen LogP contribution in [0.25, 0.3) is 22.3 Å². The Morgan fingerprint density at radius 3 is 2.39 bits per heavy atom. The highest BCUT2D eigenvalue weighted by molar-refractivity contribution is 7.86. The fraction of sp³-hybridized carbons (Fsp3) is 0.118. The monoisotopic (exact) mass is 330 g/mol. The van der Waals surface area contributed by atoms with Crippen molar-refractivity contribution in [2.24, 2.45) is 0 Å². The van der Waals surface area contributed by atoms with Crippen molar-refractivity contribution in [3.05, 3.63) is 64.3 Å². The molecule has 0 aliphatic heterocycles. The highest BCUT2D eigenvalue weighted by atomic mass is 32.2. The van der Waals surface area contributed by atoms with Crippen LogP contribution in [0.15, 0.2) is 57.7 Å². The Hall–Kier alpha value is -2.60. The van der Waals surface area contributed by atoms with Crippen LogP contribution in [0, 0.1) is 6.92 Å². The smallest absolute Gasteiger partial charge is 0.306 e. The fourth-order valence-electron chi connectivity index (χ4n) is 2.30. The van der Waals surface area contributed by atoms with Crippen LogP contribution < -0.4 is 9.61 Å². The molecule has 23 heavy (non-hydrogen) atoms. The van der Waals surface area contributed by atoms with Crippen molar-refractivity contribution in [1.29, 1.82) is 0 Å². The normalized spacial score (nSPS) is 11.6. The van der Waals surface area contributed by atoms with E-state index >= 15 is 0 Å². The molecule has 0 aliphatic carbocycles. The zero-order chi connectivity index (χ0) is 16.6. The molecular formula is C17H14O5S. The molecule has 0 radical (unpaired) electrons. The molecule has 5 nitrogen and oxygen atoms in total. The third-order valence-corrected chi connectivity index (χ3v) is 3.74. The lowest BCUT2D eigenvalue weighted by Crippen LogP contribution is -2.15. The summed E-state index contributed by atoms with van der Waals surface area (Å²) in [5, 5.41) is 0.281. The van der Waals surface area contributed by atoms with E-state index in [0.29, 0.717) is 11.1 Å². The van der Waals surface area contributed by atoms with Crippen molar-refractivity contribution in [2.75, 3.05) is 6.26 Å². The number of aryl methyl sites for hydroxylation is 1. The predicted molar refractivity (Wildman–Crippen MR) is 88.1 cm³/mol. The van der Waals surface area contributed by atoms with Gasteiger partial charge in [0.15, 0.2) is 5.76 Å². The number of benzene rings is 2. The SMILES string of the molecule is Cc1ccc2oc(-c3ccccc3)c(OS(C)(=O)=O)c(=O)c2c1. The number of hydrogen-bond donors (Lipinski definition) is 0. The van der Waals surface area contributed by atoms with Crippen LogP contribution in [0.5, 0.6) is 5.75 Å². The van der Waals surface area contributed by atoms with Gasteiger partial charge in [-0.2, -0.15) is 8.42 Å². The Labute approximate surface area is 133 Å². The molecule has 0 aliphatic rings. The number of hydrogen-bond acceptors (Lipinski definition) is 5. The van der Waals surface area contributed by atoms with Gasteiger partial charge in [0.05, 0.1) is 11.6 Å². The second kappa shape index (κ2) is 5.55. The van der Waals surface area contributed by atoms with Crippen LogP contribution in [0.4, 0.5) is 0 Å². The topological polar surface area (TPSA) is 73.6 Å². The highest BCUT2D eigenvalue weighted by Gasteiger charge is 2.21. The first-order chi connectivity index (χ1) is 10.8. The minimum absolute atomic E-state index is 0.0948. The molecule has 0 saturated heterocycles. The van der Waals surface area contributed by atoms with Crippen molar-refractivity contribution in [2.45, 2.75) is 6.92 Å². The molecule has 0 spiro atoms. The van der Waals surface area contributed by atoms with Crippen LogP contribution in [-0.2, 0) is 10.1 Å². The summed E-state index contributed by atoms with van der Waals surface area (Å²) in [6.07, 6.45) is 0.891. The van der Waals surface area contributed by atoms with E-state index in [2.05, 4.69) is 0 Å². The molecule has 3 rings (SSSR count). The molecule has 0 N–H and O–H groups in total. The Morgan fingerprint density at radius 1 is 1.04 bits per heavy atom. The quantitative estimate of drug-likeness (QED) is 0.690. The van der Waals surface area contributed by atoms with Crippen LogP contribution in [0.2, 0.25) is 0 Å². The minimum atomic E-state index is -3.87. The Kier molecular flexibility index (Phi) is 3.69. The zero-order valence-electron chi connectivity index (χ0n) is 12.6. The first-order valence-corrected chi connectivity index (χ1v) is 8.69. The van der Waals surface area contributed by atoms with Crippen molar-refractivity contribution in [1.82, 2.24) is 0 Å². The van der Waals surface area contributed by atoms with E-state index in [4.69, 9.17) is 8.60 Å². The van der Waals surface area contributed by atoms with Crippen LogP contribution in [0.1, 0.15) is 5.56 Å². The lowest BCUT2D eigenvalue weighted by molar-refractivity contribution is 0.477. The summed E-state index contributed by atoms with van der Waals surface area (Å²) in [6.45, 7) is 1.83. The number of fused-ring (bicyclic) bond motifs is 1. The third-order valence-electron chi connectivity index (χ3n) is 3.27. The van der Waals surface area contributed by atoms with Crippen LogP contribution >= 0.6 is 0 Å². The second-order valence-electron chi connectivity index (χ2n) is 5.24. The average molecular weight is 330 g/mol. The maximum absolute atomic E-state index is 12.7. The first-order valence-electron chi connectivity index (χ1n) is 6.87. The summed E-state index contributed by atoms with van der Waals surface area (Å²) in [5.74, 6) is -0.228. The molecule has 0 bridgehead atoms. The molecule has 1 aromatic heterocycles. The maximum Gasteiger partial charge on any atom is 0.306 e. The van der Waals surface area contributed by atoms with Gasteiger partial charge in [-0.15, -0.1) is 0 Å². The second-order valence-corrected chi connectivity index (χ2v) is 6.82. The predicted octanol–water partition coefficient (Wildman–Crippen LogP) is 3.11. The van der Waals surface area contributed by atoms with Crippen molar-refractivity contribution >= 4 is 21.1 Å². The Balaban J connectivity index is 2.39. The van der Waals surface area contributed by atoms with E-state index in [1.807, 2.05) is 19.1 Å². The van der Waals surface area contributed by atoms with Crippen LogP contribution in [-0.4, -0.2) is 14.7 Å². The molecule has 118 valence electrons. The summed E-state index contributed by atoms with van der Waals surface area (Å²) in [7, 11) is -3.87. The molecular weight excluding hydrogens is 316 g/mol. The molecule has 1 heterocycles. The van der Waals surface area contributed by atoms with Gasteiger partial charge in [-0.25, -0.2) is 0 Å². The summed E-state index contributed by atoms with van der Waals surface area (Å²) >= 11 is 0. The van der Waals surface area contributed by atoms with Gasteiger partial charge in [-0.1, -0.05) is 42.0 Å². The summed E-state index contributed by atoms with van der Waals surface area (Å²) in [5.41, 5.74) is 1.29. The lowest BCUT2D eigenvalue weighted by atomic mass is 10.1. The largest absolute Gasteiger partial charge is 0.452 e. The van der Waals surface area contributed by atoms with E-state index in [1.54, 1.807) is 36.4 Å². The van der Waals surface area contributed by atoms with Crippen molar-refractivity contribution < 1.29 is 17.0 Å². The van der Waals surface area contributed by atoms with E-state index in [9.17, 15) is 13.2 Å². The first kappa shape index (κ1) is 15.3. The van der Waals surface area contributed by atoms with E-state index in [-0.39, 0.29) is 16.9 Å². The Morgan fingerprint density at radius 2 is 1.74 bits per heavy atom. The molecule has 0 atom stereocenters. The highest BCUT2D eigenvalue weighted by Crippen LogP contribution is 2.31. The van der Waals surface area contributed by atoms with Gasteiger partial charge >= 0.3 is 10.1 Å². The molecule has 0 amide bonds. The van der Waals surface area contributed by atoms with Gasteiger partial charge < -0.3 is 8.60 Å². The van der Waals surface area contributed by atoms with Crippen molar-refractivity contribution in [3.63, 3.8) is 0 Å². The van der Waals surface area contributed by atoms with Gasteiger partial charge in [-0.3, -0.25) is 4.79 Å². The zero-order valence-corrected chi connectivity index (χ0v) is 13.4. The fourth-order valence-corrected chi connectivity index (χ4v) is 2.75.